The molecule has 2 N–H and O–H groups in total. The van der Waals surface area contributed by atoms with Crippen molar-refractivity contribution in [3.63, 3.8) is 0 Å². The maximum absolute atomic E-state index is 16.5. The second kappa shape index (κ2) is 15.2. The van der Waals surface area contributed by atoms with Crippen LogP contribution in [0.3, 0.4) is 0 Å². The maximum atomic E-state index is 16.5. The number of halogens is 5. The van der Waals surface area contributed by atoms with E-state index in [9.17, 15) is 32.7 Å². The molecule has 0 aliphatic carbocycles. The minimum Gasteiger partial charge on any atom is -0.481 e. The van der Waals surface area contributed by atoms with Crippen molar-refractivity contribution in [1.82, 2.24) is 14.8 Å². The number of nitrogens with zero attached hydrogens (tertiary/aromatic N) is 2. The first-order valence-electron chi connectivity index (χ1n) is 16.5. The number of aromatic nitrogens is 1. The Bertz CT molecular complexity index is 1760. The van der Waals surface area contributed by atoms with Crippen LogP contribution in [-0.4, -0.2) is 46.1 Å². The molecule has 0 bridgehead atoms. The van der Waals surface area contributed by atoms with Crippen LogP contribution in [0.1, 0.15) is 90.6 Å². The van der Waals surface area contributed by atoms with Crippen LogP contribution >= 0.6 is 0 Å². The van der Waals surface area contributed by atoms with Crippen molar-refractivity contribution < 1.29 is 36.6 Å². The second-order valence-corrected chi connectivity index (χ2v) is 13.6. The lowest BCUT2D eigenvalue weighted by atomic mass is 9.88. The smallest absolute Gasteiger partial charge is 0.416 e. The van der Waals surface area contributed by atoms with E-state index in [1.165, 1.54) is 13.0 Å². The lowest BCUT2D eigenvalue weighted by Crippen LogP contribution is -2.41. The van der Waals surface area contributed by atoms with E-state index in [1.807, 2.05) is 19.1 Å². The summed E-state index contributed by atoms with van der Waals surface area (Å²) in [6.45, 7) is 12.7. The third kappa shape index (κ3) is 8.76. The number of likely N-dealkylation sites (tertiary alicyclic amines) is 1. The molecule has 0 spiro atoms. The SMILES string of the molecule is Cc1cc(C)c(-c2cc(C)c(F)c(C(CC(=O)O)NC(=O)C(CC(C)C)n3cc(CCCN4CCC4)c(C(F)(F)F)cc3=O)c2F)c(C)c1. The number of aryl methyl sites for hydroxylation is 5. The zero-order chi connectivity index (χ0) is 36.4. The van der Waals surface area contributed by atoms with Gasteiger partial charge in [0.25, 0.3) is 5.56 Å². The van der Waals surface area contributed by atoms with E-state index < -0.39 is 64.9 Å². The molecule has 0 saturated carbocycles. The molecule has 49 heavy (non-hydrogen) atoms. The summed E-state index contributed by atoms with van der Waals surface area (Å²) in [5, 5.41) is 12.3. The molecule has 2 heterocycles. The average molecular weight is 690 g/mol. The highest BCUT2D eigenvalue weighted by atomic mass is 19.4. The highest BCUT2D eigenvalue weighted by Gasteiger charge is 2.36. The molecule has 0 radical (unpaired) electrons. The van der Waals surface area contributed by atoms with Gasteiger partial charge in [0.05, 0.1) is 18.0 Å². The third-order valence-electron chi connectivity index (χ3n) is 9.08. The summed E-state index contributed by atoms with van der Waals surface area (Å²) < 4.78 is 75.4. The van der Waals surface area contributed by atoms with E-state index in [1.54, 1.807) is 27.7 Å². The van der Waals surface area contributed by atoms with Gasteiger partial charge in [0.2, 0.25) is 5.91 Å². The van der Waals surface area contributed by atoms with E-state index in [-0.39, 0.29) is 35.4 Å². The minimum absolute atomic E-state index is 0.00359. The zero-order valence-corrected chi connectivity index (χ0v) is 28.7. The maximum Gasteiger partial charge on any atom is 0.416 e. The molecule has 2 unspecified atom stereocenters. The molecule has 1 aliphatic rings. The van der Waals surface area contributed by atoms with Crippen LogP contribution in [0.5, 0.6) is 0 Å². The van der Waals surface area contributed by atoms with Crippen molar-refractivity contribution in [2.45, 2.75) is 91.9 Å². The number of benzene rings is 2. The highest BCUT2D eigenvalue weighted by molar-refractivity contribution is 5.82. The number of hydrogen-bond donors (Lipinski definition) is 2. The van der Waals surface area contributed by atoms with E-state index in [0.29, 0.717) is 35.7 Å². The fraction of sp³-hybridized carbons (Fsp3) is 0.486. The number of pyridine rings is 1. The van der Waals surface area contributed by atoms with Gasteiger partial charge in [-0.1, -0.05) is 31.5 Å². The Balaban J connectivity index is 1.79. The molecular weight excluding hydrogens is 645 g/mol. The predicted molar refractivity (Wildman–Crippen MR) is 177 cm³/mol. The molecule has 1 fully saturated rings. The first-order chi connectivity index (χ1) is 22.9. The first-order valence-corrected chi connectivity index (χ1v) is 16.5. The number of hydrogen-bond acceptors (Lipinski definition) is 4. The Labute approximate surface area is 283 Å². The van der Waals surface area contributed by atoms with Gasteiger partial charge in [-0.15, -0.1) is 0 Å². The quantitative estimate of drug-likeness (QED) is 0.181. The molecule has 4 rings (SSSR count). The van der Waals surface area contributed by atoms with Crippen molar-refractivity contribution in [3.05, 3.63) is 91.4 Å². The molecule has 2 aromatic carbocycles. The Kier molecular flexibility index (Phi) is 11.7. The third-order valence-corrected chi connectivity index (χ3v) is 9.08. The summed E-state index contributed by atoms with van der Waals surface area (Å²) in [4.78, 5) is 41.4. The van der Waals surface area contributed by atoms with Crippen LogP contribution < -0.4 is 10.9 Å². The molecule has 3 aromatic rings. The molecule has 1 amide bonds. The van der Waals surface area contributed by atoms with E-state index >= 15 is 8.78 Å². The standard InChI is InChI=1S/C37H44F5N3O4/c1-20(2)13-29(45-19-25(9-7-10-44-11-8-12-44)27(17-30(45)46)37(40,41)42)36(49)43-28(18-31(47)48)33-34(38)24(6)16-26(35(33)39)32-22(4)14-21(3)15-23(32)5/h14-17,19-20,28-29H,7-13,18H2,1-6H3,(H,43,49)(H,47,48). The fourth-order valence-corrected chi connectivity index (χ4v) is 6.75. The minimum atomic E-state index is -4.81. The summed E-state index contributed by atoms with van der Waals surface area (Å²) >= 11 is 0. The van der Waals surface area contributed by atoms with Gasteiger partial charge in [0.1, 0.15) is 17.7 Å². The van der Waals surface area contributed by atoms with Gasteiger partial charge in [0.15, 0.2) is 0 Å². The number of alkyl halides is 3. The molecule has 1 saturated heterocycles. The Morgan fingerprint density at radius 3 is 2.12 bits per heavy atom. The molecule has 1 aliphatic heterocycles. The van der Waals surface area contributed by atoms with Crippen molar-refractivity contribution in [2.75, 3.05) is 19.6 Å². The van der Waals surface area contributed by atoms with Gasteiger partial charge in [-0.2, -0.15) is 13.2 Å². The molecule has 12 heteroatoms. The van der Waals surface area contributed by atoms with Gasteiger partial charge in [-0.05, 0) is 113 Å². The van der Waals surface area contributed by atoms with Crippen LogP contribution in [-0.2, 0) is 22.2 Å². The largest absolute Gasteiger partial charge is 0.481 e. The molecule has 266 valence electrons. The topological polar surface area (TPSA) is 91.6 Å². The van der Waals surface area contributed by atoms with Crippen LogP contribution in [0.2, 0.25) is 0 Å². The summed E-state index contributed by atoms with van der Waals surface area (Å²) in [7, 11) is 0. The molecule has 7 nitrogen and oxygen atoms in total. The highest BCUT2D eigenvalue weighted by Crippen LogP contribution is 2.38. The molecule has 2 atom stereocenters. The number of carbonyl (C=O) groups excluding carboxylic acids is 1. The Morgan fingerprint density at radius 1 is 0.959 bits per heavy atom. The number of aliphatic carboxylic acids is 1. The van der Waals surface area contributed by atoms with Crippen LogP contribution in [0.15, 0.2) is 35.3 Å². The van der Waals surface area contributed by atoms with Gasteiger partial charge in [-0.3, -0.25) is 14.4 Å². The summed E-state index contributed by atoms with van der Waals surface area (Å²) in [6, 6.07) is 2.41. The Hall–Kier alpha value is -4.06. The van der Waals surface area contributed by atoms with Gasteiger partial charge in [-0.25, -0.2) is 8.78 Å². The van der Waals surface area contributed by atoms with Gasteiger partial charge < -0.3 is 19.9 Å². The number of carboxylic acids is 1. The monoisotopic (exact) mass is 689 g/mol. The Morgan fingerprint density at radius 2 is 1.59 bits per heavy atom. The average Bonchev–Trinajstić information content (AvgIpc) is 2.94. The number of carbonyl (C=O) groups is 2. The van der Waals surface area contributed by atoms with Crippen molar-refractivity contribution in [2.24, 2.45) is 5.92 Å². The lowest BCUT2D eigenvalue weighted by Gasteiger charge is -2.30. The van der Waals surface area contributed by atoms with Crippen LogP contribution in [0, 0.1) is 45.2 Å². The number of amides is 1. The predicted octanol–water partition coefficient (Wildman–Crippen LogP) is 7.60. The van der Waals surface area contributed by atoms with Gasteiger partial charge >= 0.3 is 12.1 Å². The number of rotatable bonds is 13. The van der Waals surface area contributed by atoms with E-state index in [0.717, 1.165) is 35.8 Å². The van der Waals surface area contributed by atoms with E-state index in [4.69, 9.17) is 0 Å². The zero-order valence-electron chi connectivity index (χ0n) is 28.7. The van der Waals surface area contributed by atoms with Crippen molar-refractivity contribution in [1.29, 1.82) is 0 Å². The van der Waals surface area contributed by atoms with E-state index in [2.05, 4.69) is 10.2 Å². The summed E-state index contributed by atoms with van der Waals surface area (Å²) in [5.41, 5.74) is -0.0342. The second-order valence-electron chi connectivity index (χ2n) is 13.6. The van der Waals surface area contributed by atoms with Gasteiger partial charge in [0, 0.05) is 23.4 Å². The van der Waals surface area contributed by atoms with Crippen molar-refractivity contribution >= 4 is 11.9 Å². The first kappa shape index (κ1) is 37.8. The number of carboxylic acid groups (broad SMARTS) is 1. The van der Waals surface area contributed by atoms with Crippen LogP contribution in [0.25, 0.3) is 11.1 Å². The van der Waals surface area contributed by atoms with Crippen molar-refractivity contribution in [3.8, 4) is 11.1 Å². The lowest BCUT2D eigenvalue weighted by molar-refractivity contribution is -0.139. The fourth-order valence-electron chi connectivity index (χ4n) is 6.75. The number of nitrogens with one attached hydrogen (secondary N) is 1. The molecule has 1 aromatic heterocycles. The summed E-state index contributed by atoms with van der Waals surface area (Å²) in [6.07, 6.45) is -3.24. The normalized spacial score (nSPS) is 14.9. The molecular formula is C37H44F5N3O4. The summed E-state index contributed by atoms with van der Waals surface area (Å²) in [5.74, 6) is -4.72. The van der Waals surface area contributed by atoms with Crippen LogP contribution in [0.4, 0.5) is 22.0 Å².